The summed E-state index contributed by atoms with van der Waals surface area (Å²) in [7, 11) is 0. The number of halogens is 1. The van der Waals surface area contributed by atoms with E-state index in [0.717, 1.165) is 5.56 Å². The number of ether oxygens (including phenoxy) is 1. The molecule has 1 heterocycles. The highest BCUT2D eigenvalue weighted by molar-refractivity contribution is 9.10. The number of likely N-dealkylation sites (N-methyl/N-ethyl adjacent to an activating group) is 1. The van der Waals surface area contributed by atoms with Crippen LogP contribution < -0.4 is 0 Å². The Morgan fingerprint density at radius 1 is 1.21 bits per heavy atom. The zero-order valence-electron chi connectivity index (χ0n) is 13.3. The minimum atomic E-state index is -0.591. The third-order valence-corrected chi connectivity index (χ3v) is 3.69. The normalized spacial score (nSPS) is 10.8. The summed E-state index contributed by atoms with van der Waals surface area (Å²) in [6.07, 6.45) is 2.71. The van der Waals surface area contributed by atoms with Crippen molar-refractivity contribution >= 4 is 33.9 Å². The number of carbonyl (C=O) groups is 2. The first-order valence-electron chi connectivity index (χ1n) is 7.50. The van der Waals surface area contributed by atoms with E-state index >= 15 is 0 Å². The first-order chi connectivity index (χ1) is 11.6. The summed E-state index contributed by atoms with van der Waals surface area (Å²) in [4.78, 5) is 25.5. The lowest BCUT2D eigenvalue weighted by Crippen LogP contribution is -2.33. The molecule has 2 rings (SSSR count). The van der Waals surface area contributed by atoms with Crippen LogP contribution in [0, 0.1) is 0 Å². The van der Waals surface area contributed by atoms with Gasteiger partial charge in [0.05, 0.1) is 0 Å². The molecule has 0 radical (unpaired) electrons. The highest BCUT2D eigenvalue weighted by atomic mass is 79.9. The van der Waals surface area contributed by atoms with Crippen molar-refractivity contribution in [2.75, 3.05) is 13.2 Å². The van der Waals surface area contributed by atoms with Gasteiger partial charge in [0.25, 0.3) is 5.91 Å². The van der Waals surface area contributed by atoms with E-state index in [1.807, 2.05) is 37.3 Å². The third-order valence-electron chi connectivity index (χ3n) is 3.27. The minimum absolute atomic E-state index is 0.233. The van der Waals surface area contributed by atoms with Gasteiger partial charge in [-0.05, 0) is 46.6 Å². The van der Waals surface area contributed by atoms with Crippen molar-refractivity contribution in [2.45, 2.75) is 13.5 Å². The summed E-state index contributed by atoms with van der Waals surface area (Å²) in [5, 5.41) is 0. The Morgan fingerprint density at radius 3 is 2.58 bits per heavy atom. The molecule has 24 heavy (non-hydrogen) atoms. The number of benzene rings is 1. The summed E-state index contributed by atoms with van der Waals surface area (Å²) >= 11 is 3.17. The van der Waals surface area contributed by atoms with E-state index in [1.54, 1.807) is 17.0 Å². The maximum atomic E-state index is 12.2. The highest BCUT2D eigenvalue weighted by Crippen LogP contribution is 2.15. The summed E-state index contributed by atoms with van der Waals surface area (Å²) in [6.45, 7) is 2.63. The fourth-order valence-corrected chi connectivity index (χ4v) is 2.34. The van der Waals surface area contributed by atoms with Crippen LogP contribution in [0.2, 0.25) is 0 Å². The van der Waals surface area contributed by atoms with Crippen molar-refractivity contribution in [2.24, 2.45) is 0 Å². The lowest BCUT2D eigenvalue weighted by atomic mass is 10.2. The van der Waals surface area contributed by atoms with Gasteiger partial charge in [0.15, 0.2) is 11.3 Å². The second kappa shape index (κ2) is 9.08. The summed E-state index contributed by atoms with van der Waals surface area (Å²) in [6, 6.07) is 13.1. The quantitative estimate of drug-likeness (QED) is 0.533. The summed E-state index contributed by atoms with van der Waals surface area (Å²) in [5.74, 6) is -0.306. The lowest BCUT2D eigenvalue weighted by Gasteiger charge is -2.20. The molecule has 0 atom stereocenters. The van der Waals surface area contributed by atoms with Gasteiger partial charge in [-0.2, -0.15) is 0 Å². The molecule has 0 unspecified atom stereocenters. The van der Waals surface area contributed by atoms with Crippen LogP contribution in [0.25, 0.3) is 6.08 Å². The van der Waals surface area contributed by atoms with E-state index in [1.165, 1.54) is 12.2 Å². The SMILES string of the molecule is CCN(Cc1ccccc1)C(=O)COC(=O)C=Cc1ccc(Br)o1. The maximum absolute atomic E-state index is 12.2. The molecule has 0 bridgehead atoms. The third kappa shape index (κ3) is 5.70. The van der Waals surface area contributed by atoms with E-state index in [0.29, 0.717) is 23.5 Å². The van der Waals surface area contributed by atoms with Gasteiger partial charge >= 0.3 is 5.97 Å². The fraction of sp³-hybridized carbons (Fsp3) is 0.222. The summed E-state index contributed by atoms with van der Waals surface area (Å²) < 4.78 is 10.8. The largest absolute Gasteiger partial charge is 0.452 e. The Hall–Kier alpha value is -2.34. The number of carbonyl (C=O) groups excluding carboxylic acids is 2. The molecular formula is C18H18BrNO4. The Kier molecular flexibility index (Phi) is 6.81. The van der Waals surface area contributed by atoms with Crippen molar-refractivity contribution in [3.05, 3.63) is 64.5 Å². The van der Waals surface area contributed by atoms with Crippen molar-refractivity contribution in [3.8, 4) is 0 Å². The van der Waals surface area contributed by atoms with Crippen LogP contribution in [-0.4, -0.2) is 29.9 Å². The number of nitrogens with zero attached hydrogens (tertiary/aromatic N) is 1. The van der Waals surface area contributed by atoms with Gasteiger partial charge in [-0.15, -0.1) is 0 Å². The molecule has 0 aliphatic carbocycles. The van der Waals surface area contributed by atoms with Crippen molar-refractivity contribution in [1.29, 1.82) is 0 Å². The van der Waals surface area contributed by atoms with E-state index in [9.17, 15) is 9.59 Å². The maximum Gasteiger partial charge on any atom is 0.331 e. The molecule has 0 saturated carbocycles. The van der Waals surface area contributed by atoms with Crippen molar-refractivity contribution in [3.63, 3.8) is 0 Å². The molecule has 5 nitrogen and oxygen atoms in total. The van der Waals surface area contributed by atoms with Crippen LogP contribution in [0.1, 0.15) is 18.2 Å². The Balaban J connectivity index is 1.82. The Labute approximate surface area is 149 Å². The molecule has 1 aromatic carbocycles. The van der Waals surface area contributed by atoms with Crippen LogP contribution in [-0.2, 0) is 20.9 Å². The van der Waals surface area contributed by atoms with Crippen molar-refractivity contribution in [1.82, 2.24) is 4.90 Å². The molecule has 126 valence electrons. The average molecular weight is 392 g/mol. The second-order valence-electron chi connectivity index (χ2n) is 4.98. The molecular weight excluding hydrogens is 374 g/mol. The van der Waals surface area contributed by atoms with Crippen LogP contribution in [0.15, 0.2) is 57.6 Å². The van der Waals surface area contributed by atoms with E-state index < -0.39 is 5.97 Å². The average Bonchev–Trinajstić information content (AvgIpc) is 3.02. The monoisotopic (exact) mass is 391 g/mol. The van der Waals surface area contributed by atoms with Crippen LogP contribution >= 0.6 is 15.9 Å². The predicted molar refractivity (Wildman–Crippen MR) is 93.9 cm³/mol. The molecule has 0 aliphatic heterocycles. The molecule has 1 amide bonds. The molecule has 0 spiro atoms. The second-order valence-corrected chi connectivity index (χ2v) is 5.76. The molecule has 1 aromatic heterocycles. The fourth-order valence-electron chi connectivity index (χ4n) is 2.02. The van der Waals surface area contributed by atoms with Crippen LogP contribution in [0.3, 0.4) is 0 Å². The topological polar surface area (TPSA) is 59.8 Å². The standard InChI is InChI=1S/C18H18BrNO4/c1-2-20(12-14-6-4-3-5-7-14)17(21)13-23-18(22)11-9-15-8-10-16(19)24-15/h3-11H,2,12-13H2,1H3. The van der Waals surface area contributed by atoms with Gasteiger partial charge in [-0.25, -0.2) is 4.79 Å². The minimum Gasteiger partial charge on any atom is -0.452 e. The first kappa shape index (κ1) is 18.0. The Bertz CT molecular complexity index is 709. The van der Waals surface area contributed by atoms with Gasteiger partial charge in [0.1, 0.15) is 5.76 Å². The zero-order valence-corrected chi connectivity index (χ0v) is 14.9. The predicted octanol–water partition coefficient (Wildman–Crippen LogP) is 3.65. The summed E-state index contributed by atoms with van der Waals surface area (Å²) in [5.41, 5.74) is 1.03. The number of esters is 1. The molecule has 6 heteroatoms. The van der Waals surface area contributed by atoms with E-state index in [-0.39, 0.29) is 12.5 Å². The molecule has 0 aliphatic rings. The molecule has 0 saturated heterocycles. The number of hydrogen-bond acceptors (Lipinski definition) is 4. The zero-order chi connectivity index (χ0) is 17.4. The number of rotatable bonds is 7. The lowest BCUT2D eigenvalue weighted by molar-refractivity contribution is -0.148. The van der Waals surface area contributed by atoms with Gasteiger partial charge in [-0.3, -0.25) is 4.79 Å². The first-order valence-corrected chi connectivity index (χ1v) is 8.29. The van der Waals surface area contributed by atoms with Gasteiger partial charge in [-0.1, -0.05) is 30.3 Å². The van der Waals surface area contributed by atoms with Gasteiger partial charge in [0.2, 0.25) is 0 Å². The molecule has 0 N–H and O–H groups in total. The molecule has 0 fully saturated rings. The smallest absolute Gasteiger partial charge is 0.331 e. The van der Waals surface area contributed by atoms with Gasteiger partial charge < -0.3 is 14.1 Å². The van der Waals surface area contributed by atoms with Crippen LogP contribution in [0.4, 0.5) is 0 Å². The van der Waals surface area contributed by atoms with Crippen molar-refractivity contribution < 1.29 is 18.7 Å². The van der Waals surface area contributed by atoms with Gasteiger partial charge in [0, 0.05) is 19.2 Å². The number of furan rings is 1. The van der Waals surface area contributed by atoms with E-state index in [4.69, 9.17) is 9.15 Å². The number of hydrogen-bond donors (Lipinski definition) is 0. The van der Waals surface area contributed by atoms with E-state index in [2.05, 4.69) is 15.9 Å². The number of amides is 1. The van der Waals surface area contributed by atoms with Crippen LogP contribution in [0.5, 0.6) is 0 Å². The highest BCUT2D eigenvalue weighted by Gasteiger charge is 2.13. The Morgan fingerprint density at radius 2 is 1.96 bits per heavy atom. The molecule has 2 aromatic rings.